The zero-order valence-electron chi connectivity index (χ0n) is 10.8. The molecule has 96 valence electrons. The molecule has 1 aromatic carbocycles. The predicted molar refractivity (Wildman–Crippen MR) is 72.1 cm³/mol. The zero-order chi connectivity index (χ0) is 12.8. The third-order valence-corrected chi connectivity index (χ3v) is 3.56. The summed E-state index contributed by atoms with van der Waals surface area (Å²) in [7, 11) is 1.89. The van der Waals surface area contributed by atoms with Gasteiger partial charge in [0, 0.05) is 23.0 Å². The standard InChI is InChI=1S/C14H21ClFN/c1-4-6-10(2)11(9-17-3)14-12(15)7-5-8-13(14)16/h5,7-8,10-11,17H,4,6,9H2,1-3H3. The smallest absolute Gasteiger partial charge is 0.128 e. The number of hydrogen-bond acceptors (Lipinski definition) is 1. The van der Waals surface area contributed by atoms with Gasteiger partial charge in [-0.05, 0) is 25.1 Å². The molecule has 0 fully saturated rings. The topological polar surface area (TPSA) is 12.0 Å². The third-order valence-electron chi connectivity index (χ3n) is 3.23. The molecule has 0 spiro atoms. The predicted octanol–water partition coefficient (Wildman–Crippen LogP) is 4.22. The highest BCUT2D eigenvalue weighted by Gasteiger charge is 2.23. The van der Waals surface area contributed by atoms with Crippen molar-refractivity contribution in [2.75, 3.05) is 13.6 Å². The second-order valence-electron chi connectivity index (χ2n) is 4.57. The van der Waals surface area contributed by atoms with E-state index in [1.807, 2.05) is 7.05 Å². The molecule has 17 heavy (non-hydrogen) atoms. The lowest BCUT2D eigenvalue weighted by atomic mass is 9.84. The van der Waals surface area contributed by atoms with Crippen LogP contribution in [0.15, 0.2) is 18.2 Å². The maximum atomic E-state index is 13.9. The highest BCUT2D eigenvalue weighted by atomic mass is 35.5. The fourth-order valence-electron chi connectivity index (χ4n) is 2.33. The highest BCUT2D eigenvalue weighted by Crippen LogP contribution is 2.34. The van der Waals surface area contributed by atoms with E-state index in [-0.39, 0.29) is 11.7 Å². The van der Waals surface area contributed by atoms with Gasteiger partial charge < -0.3 is 5.32 Å². The first-order valence-corrected chi connectivity index (χ1v) is 6.58. The van der Waals surface area contributed by atoms with Crippen molar-refractivity contribution in [3.8, 4) is 0 Å². The Kier molecular flexibility index (Phi) is 5.93. The van der Waals surface area contributed by atoms with Crippen molar-refractivity contribution in [2.45, 2.75) is 32.6 Å². The van der Waals surface area contributed by atoms with E-state index in [4.69, 9.17) is 11.6 Å². The lowest BCUT2D eigenvalue weighted by molar-refractivity contribution is 0.401. The minimum atomic E-state index is -0.194. The van der Waals surface area contributed by atoms with Crippen LogP contribution < -0.4 is 5.32 Å². The van der Waals surface area contributed by atoms with Crippen molar-refractivity contribution in [2.24, 2.45) is 5.92 Å². The summed E-state index contributed by atoms with van der Waals surface area (Å²) in [6.45, 7) is 5.06. The van der Waals surface area contributed by atoms with Crippen LogP contribution in [0, 0.1) is 11.7 Å². The summed E-state index contributed by atoms with van der Waals surface area (Å²) in [6.07, 6.45) is 2.18. The van der Waals surface area contributed by atoms with Crippen LogP contribution in [0.2, 0.25) is 5.02 Å². The Labute approximate surface area is 108 Å². The van der Waals surface area contributed by atoms with E-state index < -0.39 is 0 Å². The Bertz CT molecular complexity index is 334. The minimum absolute atomic E-state index is 0.133. The molecule has 0 saturated carbocycles. The molecule has 0 aliphatic carbocycles. The van der Waals surface area contributed by atoms with Gasteiger partial charge in [-0.2, -0.15) is 0 Å². The highest BCUT2D eigenvalue weighted by molar-refractivity contribution is 6.31. The van der Waals surface area contributed by atoms with Gasteiger partial charge in [-0.1, -0.05) is 44.4 Å². The number of rotatable bonds is 6. The van der Waals surface area contributed by atoms with Crippen LogP contribution in [0.4, 0.5) is 4.39 Å². The molecule has 1 aromatic rings. The minimum Gasteiger partial charge on any atom is -0.319 e. The van der Waals surface area contributed by atoms with Crippen molar-refractivity contribution in [3.05, 3.63) is 34.6 Å². The molecule has 2 unspecified atom stereocenters. The molecule has 0 heterocycles. The van der Waals surface area contributed by atoms with Gasteiger partial charge in [0.05, 0.1) is 0 Å². The van der Waals surface area contributed by atoms with E-state index in [0.717, 1.165) is 19.4 Å². The molecule has 0 radical (unpaired) electrons. The molecule has 1 nitrogen and oxygen atoms in total. The quantitative estimate of drug-likeness (QED) is 0.805. The second-order valence-corrected chi connectivity index (χ2v) is 4.97. The van der Waals surface area contributed by atoms with E-state index in [1.54, 1.807) is 12.1 Å². The summed E-state index contributed by atoms with van der Waals surface area (Å²) < 4.78 is 13.9. The Balaban J connectivity index is 3.04. The van der Waals surface area contributed by atoms with Crippen LogP contribution >= 0.6 is 11.6 Å². The third kappa shape index (κ3) is 3.68. The van der Waals surface area contributed by atoms with Crippen LogP contribution in [0.5, 0.6) is 0 Å². The van der Waals surface area contributed by atoms with Gasteiger partial charge in [-0.25, -0.2) is 4.39 Å². The van der Waals surface area contributed by atoms with Gasteiger partial charge in [0.1, 0.15) is 5.82 Å². The monoisotopic (exact) mass is 257 g/mol. The molecule has 1 N–H and O–H groups in total. The number of nitrogens with one attached hydrogen (secondary N) is 1. The Morgan fingerprint density at radius 1 is 1.41 bits per heavy atom. The van der Waals surface area contributed by atoms with Crippen LogP contribution in [-0.2, 0) is 0 Å². The molecule has 0 saturated heterocycles. The molecule has 0 bridgehead atoms. The van der Waals surface area contributed by atoms with E-state index in [0.29, 0.717) is 16.5 Å². The van der Waals surface area contributed by atoms with Crippen molar-refractivity contribution in [1.82, 2.24) is 5.32 Å². The van der Waals surface area contributed by atoms with Gasteiger partial charge in [-0.15, -0.1) is 0 Å². The lowest BCUT2D eigenvalue weighted by Crippen LogP contribution is -2.24. The van der Waals surface area contributed by atoms with Gasteiger partial charge in [0.25, 0.3) is 0 Å². The zero-order valence-corrected chi connectivity index (χ0v) is 11.5. The van der Waals surface area contributed by atoms with Crippen LogP contribution in [0.1, 0.15) is 38.2 Å². The first-order valence-electron chi connectivity index (χ1n) is 6.20. The fraction of sp³-hybridized carbons (Fsp3) is 0.571. The summed E-state index contributed by atoms with van der Waals surface area (Å²) in [4.78, 5) is 0. The first-order chi connectivity index (χ1) is 8.11. The molecular weight excluding hydrogens is 237 g/mol. The largest absolute Gasteiger partial charge is 0.319 e. The van der Waals surface area contributed by atoms with Crippen LogP contribution in [0.25, 0.3) is 0 Å². The number of likely N-dealkylation sites (N-methyl/N-ethyl adjacent to an activating group) is 1. The summed E-state index contributed by atoms with van der Waals surface area (Å²) in [6, 6.07) is 4.91. The Morgan fingerprint density at radius 2 is 2.12 bits per heavy atom. The maximum Gasteiger partial charge on any atom is 0.128 e. The molecule has 1 rings (SSSR count). The summed E-state index contributed by atoms with van der Waals surface area (Å²) >= 11 is 6.14. The van der Waals surface area contributed by atoms with Crippen LogP contribution in [0.3, 0.4) is 0 Å². The molecule has 0 aromatic heterocycles. The SMILES string of the molecule is CCCC(C)C(CNC)c1c(F)cccc1Cl. The fourth-order valence-corrected chi connectivity index (χ4v) is 2.63. The van der Waals surface area contributed by atoms with Crippen molar-refractivity contribution < 1.29 is 4.39 Å². The Hall–Kier alpha value is -0.600. The van der Waals surface area contributed by atoms with Crippen molar-refractivity contribution >= 4 is 11.6 Å². The normalized spacial score (nSPS) is 14.6. The summed E-state index contributed by atoms with van der Waals surface area (Å²) in [5.74, 6) is 0.358. The van der Waals surface area contributed by atoms with Gasteiger partial charge in [-0.3, -0.25) is 0 Å². The molecule has 0 aliphatic rings. The average Bonchev–Trinajstić information content (AvgIpc) is 2.28. The van der Waals surface area contributed by atoms with Crippen molar-refractivity contribution in [3.63, 3.8) is 0 Å². The van der Waals surface area contributed by atoms with Gasteiger partial charge in [0.15, 0.2) is 0 Å². The second kappa shape index (κ2) is 6.97. The van der Waals surface area contributed by atoms with Crippen LogP contribution in [-0.4, -0.2) is 13.6 Å². The molecule has 0 amide bonds. The molecule has 2 atom stereocenters. The lowest BCUT2D eigenvalue weighted by Gasteiger charge is -2.25. The number of halogens is 2. The Morgan fingerprint density at radius 3 is 2.65 bits per heavy atom. The van der Waals surface area contributed by atoms with E-state index >= 15 is 0 Å². The van der Waals surface area contributed by atoms with E-state index in [9.17, 15) is 4.39 Å². The van der Waals surface area contributed by atoms with Gasteiger partial charge in [0.2, 0.25) is 0 Å². The molecule has 0 aliphatic heterocycles. The van der Waals surface area contributed by atoms with E-state index in [2.05, 4.69) is 19.2 Å². The maximum absolute atomic E-state index is 13.9. The molecular formula is C14H21ClFN. The summed E-state index contributed by atoms with van der Waals surface area (Å²) in [5, 5.41) is 3.67. The molecule has 3 heteroatoms. The number of benzene rings is 1. The van der Waals surface area contributed by atoms with Crippen molar-refractivity contribution in [1.29, 1.82) is 0 Å². The first kappa shape index (κ1) is 14.5. The van der Waals surface area contributed by atoms with E-state index in [1.165, 1.54) is 6.07 Å². The number of hydrogen-bond donors (Lipinski definition) is 1. The van der Waals surface area contributed by atoms with Gasteiger partial charge >= 0.3 is 0 Å². The average molecular weight is 258 g/mol. The summed E-state index contributed by atoms with van der Waals surface area (Å²) in [5.41, 5.74) is 0.657.